The summed E-state index contributed by atoms with van der Waals surface area (Å²) in [6, 6.07) is 12.7. The lowest BCUT2D eigenvalue weighted by Gasteiger charge is -1.99. The summed E-state index contributed by atoms with van der Waals surface area (Å²) in [4.78, 5) is 11.0. The van der Waals surface area contributed by atoms with Crippen molar-refractivity contribution in [3.8, 4) is 11.3 Å². The number of aromatic amines is 1. The predicted molar refractivity (Wildman–Crippen MR) is 76.2 cm³/mol. The minimum Gasteiger partial charge on any atom is -0.478 e. The number of carboxylic acids is 1. The molecule has 94 valence electrons. The first kappa shape index (κ1) is 11.9. The van der Waals surface area contributed by atoms with Gasteiger partial charge in [0.1, 0.15) is 0 Å². The molecule has 0 unspecified atom stereocenters. The van der Waals surface area contributed by atoms with Crippen molar-refractivity contribution >= 4 is 32.8 Å². The number of carbonyl (C=O) groups is 1. The molecule has 0 spiro atoms. The Kier molecular flexibility index (Phi) is 2.83. The van der Waals surface area contributed by atoms with Crippen LogP contribution in [0.15, 0.2) is 46.9 Å². The molecule has 3 aromatic rings. The predicted octanol–water partition coefficient (Wildman–Crippen LogP) is 3.69. The van der Waals surface area contributed by atoms with Gasteiger partial charge in [0.15, 0.2) is 0 Å². The van der Waals surface area contributed by atoms with E-state index in [2.05, 4.69) is 26.1 Å². The zero-order valence-corrected chi connectivity index (χ0v) is 11.3. The van der Waals surface area contributed by atoms with E-state index in [4.69, 9.17) is 5.11 Å². The van der Waals surface area contributed by atoms with E-state index in [1.807, 2.05) is 24.3 Å². The van der Waals surface area contributed by atoms with Crippen LogP contribution < -0.4 is 0 Å². The van der Waals surface area contributed by atoms with Crippen LogP contribution in [0, 0.1) is 0 Å². The Balaban J connectivity index is 2.21. The van der Waals surface area contributed by atoms with Crippen molar-refractivity contribution in [2.75, 3.05) is 0 Å². The third-order valence-electron chi connectivity index (χ3n) is 2.93. The number of benzene rings is 2. The maximum Gasteiger partial charge on any atom is 0.335 e. The van der Waals surface area contributed by atoms with E-state index in [0.717, 1.165) is 26.6 Å². The molecule has 1 heterocycles. The number of nitrogens with zero attached hydrogens (tertiary/aromatic N) is 1. The van der Waals surface area contributed by atoms with Crippen LogP contribution in [0.1, 0.15) is 10.4 Å². The zero-order chi connectivity index (χ0) is 13.4. The van der Waals surface area contributed by atoms with Gasteiger partial charge in [-0.2, -0.15) is 5.10 Å². The van der Waals surface area contributed by atoms with Gasteiger partial charge in [0.05, 0.1) is 16.8 Å². The lowest BCUT2D eigenvalue weighted by atomic mass is 10.1. The third-order valence-corrected chi connectivity index (χ3v) is 3.46. The number of H-pyrrole nitrogens is 1. The third kappa shape index (κ3) is 2.13. The van der Waals surface area contributed by atoms with E-state index in [0.29, 0.717) is 0 Å². The van der Waals surface area contributed by atoms with E-state index in [1.165, 1.54) is 0 Å². The number of nitrogens with one attached hydrogen (secondary N) is 1. The van der Waals surface area contributed by atoms with Crippen LogP contribution in [0.25, 0.3) is 22.2 Å². The molecule has 0 atom stereocenters. The summed E-state index contributed by atoms with van der Waals surface area (Å²) in [7, 11) is 0. The highest BCUT2D eigenvalue weighted by Gasteiger charge is 2.11. The molecular formula is C14H9BrN2O2. The van der Waals surface area contributed by atoms with Gasteiger partial charge in [-0.15, -0.1) is 0 Å². The molecule has 0 aliphatic heterocycles. The van der Waals surface area contributed by atoms with Gasteiger partial charge in [0.2, 0.25) is 0 Å². The first-order valence-corrected chi connectivity index (χ1v) is 6.42. The monoisotopic (exact) mass is 316 g/mol. The molecular weight excluding hydrogens is 308 g/mol. The van der Waals surface area contributed by atoms with Crippen LogP contribution in [-0.4, -0.2) is 21.3 Å². The summed E-state index contributed by atoms with van der Waals surface area (Å²) < 4.78 is 0.988. The lowest BCUT2D eigenvalue weighted by Crippen LogP contribution is -1.94. The van der Waals surface area contributed by atoms with Crippen LogP contribution in [0.5, 0.6) is 0 Å². The number of hydrogen-bond donors (Lipinski definition) is 2. The Hall–Kier alpha value is -2.14. The molecule has 19 heavy (non-hydrogen) atoms. The second kappa shape index (κ2) is 4.51. The van der Waals surface area contributed by atoms with Gasteiger partial charge >= 0.3 is 5.97 Å². The van der Waals surface area contributed by atoms with E-state index < -0.39 is 5.97 Å². The number of hydrogen-bond acceptors (Lipinski definition) is 2. The average Bonchev–Trinajstić information content (AvgIpc) is 2.82. The molecule has 0 aliphatic carbocycles. The zero-order valence-electron chi connectivity index (χ0n) is 9.72. The summed E-state index contributed by atoms with van der Waals surface area (Å²) in [6.07, 6.45) is 0. The minimum atomic E-state index is -0.940. The average molecular weight is 317 g/mol. The summed E-state index contributed by atoms with van der Waals surface area (Å²) in [5.74, 6) is -0.940. The molecule has 3 rings (SSSR count). The van der Waals surface area contributed by atoms with Crippen LogP contribution >= 0.6 is 15.9 Å². The number of aromatic nitrogens is 2. The maximum absolute atomic E-state index is 11.0. The molecule has 5 heteroatoms. The van der Waals surface area contributed by atoms with Crippen LogP contribution in [0.3, 0.4) is 0 Å². The molecule has 0 aliphatic rings. The molecule has 0 saturated carbocycles. The first-order chi connectivity index (χ1) is 9.15. The second-order valence-corrected chi connectivity index (χ2v) is 5.06. The van der Waals surface area contributed by atoms with E-state index in [-0.39, 0.29) is 5.56 Å². The van der Waals surface area contributed by atoms with E-state index >= 15 is 0 Å². The van der Waals surface area contributed by atoms with Gasteiger partial charge in [0.25, 0.3) is 0 Å². The lowest BCUT2D eigenvalue weighted by molar-refractivity contribution is 0.0697. The summed E-state index contributed by atoms with van der Waals surface area (Å²) in [5, 5.41) is 17.0. The molecule has 1 aromatic heterocycles. The van der Waals surface area contributed by atoms with Crippen molar-refractivity contribution in [2.24, 2.45) is 0 Å². The fraction of sp³-hybridized carbons (Fsp3) is 0. The smallest absolute Gasteiger partial charge is 0.335 e. The van der Waals surface area contributed by atoms with Crippen molar-refractivity contribution in [3.05, 3.63) is 52.5 Å². The molecule has 0 amide bonds. The van der Waals surface area contributed by atoms with Crippen molar-refractivity contribution < 1.29 is 9.90 Å². The number of rotatable bonds is 2. The molecule has 4 nitrogen and oxygen atoms in total. The minimum absolute atomic E-state index is 0.257. The molecule has 0 saturated heterocycles. The van der Waals surface area contributed by atoms with E-state index in [1.54, 1.807) is 18.2 Å². The first-order valence-electron chi connectivity index (χ1n) is 5.62. The fourth-order valence-electron chi connectivity index (χ4n) is 1.97. The molecule has 0 fully saturated rings. The number of halogens is 1. The Morgan fingerprint density at radius 1 is 1.16 bits per heavy atom. The largest absolute Gasteiger partial charge is 0.478 e. The Morgan fingerprint density at radius 2 is 1.89 bits per heavy atom. The standard InChI is InChI=1S/C14H9BrN2O2/c15-10-4-1-8(2-5-10)13-11-7-9(14(18)19)3-6-12(11)16-17-13/h1-7H,(H,16,17)(H,18,19). The highest BCUT2D eigenvalue weighted by molar-refractivity contribution is 9.10. The van der Waals surface area contributed by atoms with Gasteiger partial charge < -0.3 is 5.11 Å². The van der Waals surface area contributed by atoms with Crippen molar-refractivity contribution in [1.82, 2.24) is 10.2 Å². The van der Waals surface area contributed by atoms with Gasteiger partial charge in [-0.25, -0.2) is 4.79 Å². The topological polar surface area (TPSA) is 66.0 Å². The van der Waals surface area contributed by atoms with Crippen LogP contribution in [0.2, 0.25) is 0 Å². The van der Waals surface area contributed by atoms with Gasteiger partial charge in [-0.3, -0.25) is 5.10 Å². The number of carboxylic acid groups (broad SMARTS) is 1. The number of fused-ring (bicyclic) bond motifs is 1. The Labute approximate surface area is 117 Å². The second-order valence-electron chi connectivity index (χ2n) is 4.14. The maximum atomic E-state index is 11.0. The Bertz CT molecular complexity index is 763. The van der Waals surface area contributed by atoms with Crippen molar-refractivity contribution in [3.63, 3.8) is 0 Å². The summed E-state index contributed by atoms with van der Waals surface area (Å²) in [5.41, 5.74) is 2.78. The molecule has 0 bridgehead atoms. The quantitative estimate of drug-likeness (QED) is 0.757. The van der Waals surface area contributed by atoms with Crippen molar-refractivity contribution in [1.29, 1.82) is 0 Å². The Morgan fingerprint density at radius 3 is 2.58 bits per heavy atom. The fourth-order valence-corrected chi connectivity index (χ4v) is 2.24. The van der Waals surface area contributed by atoms with Crippen molar-refractivity contribution in [2.45, 2.75) is 0 Å². The highest BCUT2D eigenvalue weighted by atomic mass is 79.9. The molecule has 0 radical (unpaired) electrons. The van der Waals surface area contributed by atoms with Gasteiger partial charge in [-0.05, 0) is 30.3 Å². The number of aromatic carboxylic acids is 1. The molecule has 2 N–H and O–H groups in total. The van der Waals surface area contributed by atoms with Crippen LogP contribution in [-0.2, 0) is 0 Å². The van der Waals surface area contributed by atoms with Gasteiger partial charge in [0, 0.05) is 15.4 Å². The highest BCUT2D eigenvalue weighted by Crippen LogP contribution is 2.28. The normalized spacial score (nSPS) is 10.8. The summed E-state index contributed by atoms with van der Waals surface area (Å²) >= 11 is 3.38. The van der Waals surface area contributed by atoms with Crippen LogP contribution in [0.4, 0.5) is 0 Å². The summed E-state index contributed by atoms with van der Waals surface area (Å²) in [6.45, 7) is 0. The van der Waals surface area contributed by atoms with E-state index in [9.17, 15) is 4.79 Å². The van der Waals surface area contributed by atoms with Gasteiger partial charge in [-0.1, -0.05) is 28.1 Å². The molecule has 2 aromatic carbocycles. The SMILES string of the molecule is O=C(O)c1ccc2[nH]nc(-c3ccc(Br)cc3)c2c1.